The molecule has 126 valence electrons. The number of carbonyl (C=O) groups is 1. The summed E-state index contributed by atoms with van der Waals surface area (Å²) in [5.74, 6) is 0.477. The van der Waals surface area contributed by atoms with E-state index in [1.807, 2.05) is 30.0 Å². The van der Waals surface area contributed by atoms with Crippen LogP contribution in [0.4, 0.5) is 11.6 Å². The van der Waals surface area contributed by atoms with Crippen LogP contribution in [-0.2, 0) is 0 Å². The fourth-order valence-electron chi connectivity index (χ4n) is 2.58. The van der Waals surface area contributed by atoms with Crippen molar-refractivity contribution in [2.24, 2.45) is 0 Å². The topological polar surface area (TPSA) is 61.4 Å². The number of anilines is 2. The van der Waals surface area contributed by atoms with Gasteiger partial charge in [0.1, 0.15) is 0 Å². The van der Waals surface area contributed by atoms with Gasteiger partial charge in [-0.05, 0) is 37.7 Å². The second kappa shape index (κ2) is 7.27. The van der Waals surface area contributed by atoms with Gasteiger partial charge in [-0.15, -0.1) is 0 Å². The van der Waals surface area contributed by atoms with E-state index in [0.29, 0.717) is 11.5 Å². The number of nitrogens with zero attached hydrogens (tertiary/aromatic N) is 4. The molecule has 0 bridgehead atoms. The van der Waals surface area contributed by atoms with E-state index in [1.54, 1.807) is 12.4 Å². The number of nitrogens with one attached hydrogen (secondary N) is 1. The van der Waals surface area contributed by atoms with E-state index < -0.39 is 0 Å². The molecule has 24 heavy (non-hydrogen) atoms. The summed E-state index contributed by atoms with van der Waals surface area (Å²) in [6.07, 6.45) is 3.17. The Labute approximate surface area is 150 Å². The molecule has 6 nitrogen and oxygen atoms in total. The number of hydrogen-bond donors (Lipinski definition) is 1. The van der Waals surface area contributed by atoms with Crippen molar-refractivity contribution in [1.29, 1.82) is 0 Å². The van der Waals surface area contributed by atoms with Crippen LogP contribution in [0.2, 0.25) is 0 Å². The van der Waals surface area contributed by atoms with Crippen molar-refractivity contribution in [3.8, 4) is 0 Å². The van der Waals surface area contributed by atoms with E-state index in [0.717, 1.165) is 41.9 Å². The van der Waals surface area contributed by atoms with E-state index >= 15 is 0 Å². The number of aryl methyl sites for hydroxylation is 1. The summed E-state index contributed by atoms with van der Waals surface area (Å²) in [4.78, 5) is 25.1. The van der Waals surface area contributed by atoms with Crippen LogP contribution in [0.1, 0.15) is 15.9 Å². The van der Waals surface area contributed by atoms with Crippen LogP contribution in [0.3, 0.4) is 0 Å². The maximum absolute atomic E-state index is 12.5. The van der Waals surface area contributed by atoms with Crippen molar-refractivity contribution in [3.05, 3.63) is 46.2 Å². The van der Waals surface area contributed by atoms with Crippen LogP contribution >= 0.6 is 15.9 Å². The fraction of sp³-hybridized carbons (Fsp3) is 0.353. The van der Waals surface area contributed by atoms with E-state index in [-0.39, 0.29) is 5.91 Å². The molecule has 1 amide bonds. The van der Waals surface area contributed by atoms with Gasteiger partial charge in [-0.1, -0.05) is 15.9 Å². The summed E-state index contributed by atoms with van der Waals surface area (Å²) in [6, 6.07) is 5.94. The first-order valence-corrected chi connectivity index (χ1v) is 8.65. The van der Waals surface area contributed by atoms with E-state index in [2.05, 4.69) is 43.2 Å². The zero-order valence-corrected chi connectivity index (χ0v) is 15.4. The Morgan fingerprint density at radius 1 is 1.17 bits per heavy atom. The van der Waals surface area contributed by atoms with Gasteiger partial charge in [0.25, 0.3) is 5.91 Å². The van der Waals surface area contributed by atoms with Gasteiger partial charge in [0.2, 0.25) is 5.95 Å². The van der Waals surface area contributed by atoms with Crippen LogP contribution in [0.15, 0.2) is 35.1 Å². The number of hydrogen-bond acceptors (Lipinski definition) is 5. The SMILES string of the molecule is Cc1cc(Br)ccc1Nc1ncc(C(=O)N2CCN(C)CC2)cn1. The van der Waals surface area contributed by atoms with Crippen LogP contribution in [0.5, 0.6) is 0 Å². The van der Waals surface area contributed by atoms with Gasteiger partial charge in [-0.25, -0.2) is 9.97 Å². The molecule has 0 spiro atoms. The molecule has 0 unspecified atom stereocenters. The molecule has 0 saturated carbocycles. The van der Waals surface area contributed by atoms with Gasteiger partial charge in [-0.2, -0.15) is 0 Å². The zero-order valence-electron chi connectivity index (χ0n) is 13.8. The number of amides is 1. The van der Waals surface area contributed by atoms with Gasteiger partial charge in [0.15, 0.2) is 0 Å². The molecular formula is C17H20BrN5O. The molecule has 7 heteroatoms. The number of halogens is 1. The van der Waals surface area contributed by atoms with Gasteiger partial charge in [-0.3, -0.25) is 4.79 Å². The third kappa shape index (κ3) is 3.91. The summed E-state index contributed by atoms with van der Waals surface area (Å²) in [6.45, 7) is 5.30. The molecule has 0 atom stereocenters. The Balaban J connectivity index is 1.68. The van der Waals surface area contributed by atoms with Gasteiger partial charge < -0.3 is 15.1 Å². The van der Waals surface area contributed by atoms with Crippen LogP contribution < -0.4 is 5.32 Å². The van der Waals surface area contributed by atoms with Gasteiger partial charge >= 0.3 is 0 Å². The number of aromatic nitrogens is 2. The minimum Gasteiger partial charge on any atom is -0.336 e. The van der Waals surface area contributed by atoms with Crippen molar-refractivity contribution in [2.75, 3.05) is 38.5 Å². The molecule has 1 N–H and O–H groups in total. The molecule has 1 aromatic carbocycles. The monoisotopic (exact) mass is 389 g/mol. The third-order valence-corrected chi connectivity index (χ3v) is 4.62. The molecule has 1 saturated heterocycles. The summed E-state index contributed by atoms with van der Waals surface area (Å²) >= 11 is 3.44. The second-order valence-electron chi connectivity index (χ2n) is 5.98. The normalized spacial score (nSPS) is 15.4. The molecule has 3 rings (SSSR count). The van der Waals surface area contributed by atoms with E-state index in [1.165, 1.54) is 0 Å². The van der Waals surface area contributed by atoms with Crippen LogP contribution in [-0.4, -0.2) is 58.9 Å². The number of piperazine rings is 1. The first-order chi connectivity index (χ1) is 11.5. The molecule has 1 aromatic heterocycles. The smallest absolute Gasteiger partial charge is 0.257 e. The Kier molecular flexibility index (Phi) is 5.11. The Morgan fingerprint density at radius 2 is 1.83 bits per heavy atom. The molecule has 0 aliphatic carbocycles. The van der Waals surface area contributed by atoms with Crippen molar-refractivity contribution in [2.45, 2.75) is 6.92 Å². The summed E-state index contributed by atoms with van der Waals surface area (Å²) in [7, 11) is 2.06. The second-order valence-corrected chi connectivity index (χ2v) is 6.89. The van der Waals surface area contributed by atoms with Gasteiger partial charge in [0.05, 0.1) is 5.56 Å². The minimum atomic E-state index is -0.00512. The van der Waals surface area contributed by atoms with Gasteiger partial charge in [0, 0.05) is 48.7 Å². The predicted molar refractivity (Wildman–Crippen MR) is 97.6 cm³/mol. The van der Waals surface area contributed by atoms with Crippen LogP contribution in [0.25, 0.3) is 0 Å². The lowest BCUT2D eigenvalue weighted by Crippen LogP contribution is -2.47. The molecule has 2 aromatic rings. The maximum atomic E-state index is 12.5. The number of carbonyl (C=O) groups excluding carboxylic acids is 1. The first kappa shape index (κ1) is 16.9. The number of benzene rings is 1. The molecule has 2 heterocycles. The highest BCUT2D eigenvalue weighted by molar-refractivity contribution is 9.10. The molecule has 1 aliphatic rings. The Hall–Kier alpha value is -1.99. The number of rotatable bonds is 3. The average molecular weight is 390 g/mol. The van der Waals surface area contributed by atoms with E-state index in [9.17, 15) is 4.79 Å². The van der Waals surface area contributed by atoms with Crippen molar-refractivity contribution in [1.82, 2.24) is 19.8 Å². The first-order valence-electron chi connectivity index (χ1n) is 7.86. The van der Waals surface area contributed by atoms with E-state index in [4.69, 9.17) is 0 Å². The van der Waals surface area contributed by atoms with Crippen molar-refractivity contribution >= 4 is 33.5 Å². The molecular weight excluding hydrogens is 370 g/mol. The minimum absolute atomic E-state index is 0.00512. The highest BCUT2D eigenvalue weighted by Crippen LogP contribution is 2.22. The fourth-order valence-corrected chi connectivity index (χ4v) is 3.06. The largest absolute Gasteiger partial charge is 0.336 e. The Bertz CT molecular complexity index is 726. The van der Waals surface area contributed by atoms with Crippen molar-refractivity contribution < 1.29 is 4.79 Å². The summed E-state index contributed by atoms with van der Waals surface area (Å²) < 4.78 is 1.03. The predicted octanol–water partition coefficient (Wildman–Crippen LogP) is 2.68. The standard InChI is InChI=1S/C17H20BrN5O/c1-12-9-14(18)3-4-15(12)21-17-19-10-13(11-20-17)16(24)23-7-5-22(2)6-8-23/h3-4,9-11H,5-8H2,1-2H3,(H,19,20,21). The average Bonchev–Trinajstić information content (AvgIpc) is 2.58. The van der Waals surface area contributed by atoms with Crippen LogP contribution in [0, 0.1) is 6.92 Å². The lowest BCUT2D eigenvalue weighted by atomic mass is 10.2. The molecule has 1 fully saturated rings. The lowest BCUT2D eigenvalue weighted by molar-refractivity contribution is 0.0663. The van der Waals surface area contributed by atoms with Crippen molar-refractivity contribution in [3.63, 3.8) is 0 Å². The summed E-state index contributed by atoms with van der Waals surface area (Å²) in [5, 5.41) is 3.18. The quantitative estimate of drug-likeness (QED) is 0.873. The zero-order chi connectivity index (χ0) is 17.1. The summed E-state index contributed by atoms with van der Waals surface area (Å²) in [5.41, 5.74) is 2.56. The molecule has 1 aliphatic heterocycles. The maximum Gasteiger partial charge on any atom is 0.257 e. The molecule has 0 radical (unpaired) electrons. The highest BCUT2D eigenvalue weighted by atomic mass is 79.9. The highest BCUT2D eigenvalue weighted by Gasteiger charge is 2.20. The third-order valence-electron chi connectivity index (χ3n) is 4.12. The lowest BCUT2D eigenvalue weighted by Gasteiger charge is -2.32. The Morgan fingerprint density at radius 3 is 2.46 bits per heavy atom. The number of likely N-dealkylation sites (N-methyl/N-ethyl adjacent to an activating group) is 1.